The molecule has 24 nitrogen and oxygen atoms in total. The molecule has 1 aliphatic carbocycles. The van der Waals surface area contributed by atoms with Crippen molar-refractivity contribution in [3.63, 3.8) is 0 Å². The van der Waals surface area contributed by atoms with Crippen molar-refractivity contribution in [3.8, 4) is 10.4 Å². The van der Waals surface area contributed by atoms with Crippen molar-refractivity contribution in [3.05, 3.63) is 160 Å². The SMILES string of the molecule is Cc1ncsc1-c1ccc([C@H](C)NC(=O)[C@@H]2C[C@@H](O)CN2C(=O)[C@@H](NC(=O)CN(C)CCCCS(=O)(=O)N2CCN(C[C@]3(C)CCC(c4ccc(Cl)cc4)=C(CN4CCN(c5ccc(C(=O)NS(=O)(=O)c6ccc(N[C@H](CCN7CCCOCC7)CSc7ccccc7)c(S(=O)(=O)C(F)(F)F)c6)cc5)CC4)C3)CC2)C(C)(C)C)cc1. The summed E-state index contributed by atoms with van der Waals surface area (Å²) in [6, 6.07) is 31.0. The molecule has 5 aliphatic rings. The van der Waals surface area contributed by atoms with Crippen LogP contribution in [-0.2, 0) is 49.0 Å². The third-order valence-corrected chi connectivity index (χ3v) is 29.5. The number of rotatable bonds is 32. The van der Waals surface area contributed by atoms with Gasteiger partial charge in [0.2, 0.25) is 27.7 Å². The molecule has 626 valence electrons. The number of amides is 4. The van der Waals surface area contributed by atoms with Crippen molar-refractivity contribution >= 4 is 105 Å². The third kappa shape index (κ3) is 23.7. The first-order chi connectivity index (χ1) is 54.5. The maximum atomic E-state index is 14.5. The van der Waals surface area contributed by atoms with Crippen LogP contribution < -0.4 is 25.6 Å². The van der Waals surface area contributed by atoms with E-state index in [2.05, 4.69) is 59.6 Å². The molecule has 11 rings (SSSR count). The van der Waals surface area contributed by atoms with Crippen LogP contribution in [0.4, 0.5) is 24.5 Å². The first-order valence-electron chi connectivity index (χ1n) is 39.3. The molecule has 1 aromatic heterocycles. The van der Waals surface area contributed by atoms with E-state index in [1.807, 2.05) is 106 Å². The van der Waals surface area contributed by atoms with E-state index < -0.39 is 110 Å². The minimum atomic E-state index is -6.12. The summed E-state index contributed by atoms with van der Waals surface area (Å²) in [5.74, 6) is -2.04. The number of carbonyl (C=O) groups excluding carboxylic acids is 4. The van der Waals surface area contributed by atoms with E-state index in [0.29, 0.717) is 121 Å². The average Bonchev–Trinajstić information content (AvgIpc) is 1.66. The number of piperazine rings is 2. The molecule has 5 aromatic carbocycles. The highest BCUT2D eigenvalue weighted by atomic mass is 35.5. The molecule has 4 saturated heterocycles. The van der Waals surface area contributed by atoms with Gasteiger partial charge in [0.15, 0.2) is 0 Å². The number of thiazole rings is 1. The summed E-state index contributed by atoms with van der Waals surface area (Å²) >= 11 is 9.39. The molecular weight excluding hydrogens is 1600 g/mol. The number of β-amino-alcohol motifs (C(OH)–C–C–N with tert-alkyl or cyclic N) is 1. The van der Waals surface area contributed by atoms with Gasteiger partial charge in [-0.3, -0.25) is 29.0 Å². The van der Waals surface area contributed by atoms with Gasteiger partial charge in [-0.1, -0.05) is 99.5 Å². The Balaban J connectivity index is 0.633. The number of benzene rings is 5. The second-order valence-corrected chi connectivity index (χ2v) is 40.4. The maximum absolute atomic E-state index is 14.5. The van der Waals surface area contributed by atoms with Crippen LogP contribution in [0.3, 0.4) is 0 Å². The van der Waals surface area contributed by atoms with Gasteiger partial charge in [0, 0.05) is 138 Å². The van der Waals surface area contributed by atoms with Crippen molar-refractivity contribution in [2.75, 3.05) is 147 Å². The Hall–Kier alpha value is -7.05. The van der Waals surface area contributed by atoms with Crippen LogP contribution in [0.25, 0.3) is 16.0 Å². The lowest BCUT2D eigenvalue weighted by molar-refractivity contribution is -0.144. The van der Waals surface area contributed by atoms with Crippen molar-refractivity contribution in [1.29, 1.82) is 0 Å². The zero-order valence-electron chi connectivity index (χ0n) is 66.4. The highest BCUT2D eigenvalue weighted by Crippen LogP contribution is 2.45. The summed E-state index contributed by atoms with van der Waals surface area (Å²) in [6.45, 7) is 21.1. The number of thioether (sulfide) groups is 1. The fourth-order valence-electron chi connectivity index (χ4n) is 15.8. The molecule has 0 bridgehead atoms. The molecule has 6 aromatic rings. The number of ether oxygens (including phenoxy) is 1. The molecular formula is C82H108ClF3N12O12S5. The Labute approximate surface area is 688 Å². The van der Waals surface area contributed by atoms with E-state index in [1.165, 1.54) is 39.9 Å². The van der Waals surface area contributed by atoms with Gasteiger partial charge in [-0.15, -0.1) is 23.1 Å². The summed E-state index contributed by atoms with van der Waals surface area (Å²) in [6.07, 6.45) is 3.82. The molecule has 115 heavy (non-hydrogen) atoms. The number of aliphatic hydroxyl groups excluding tert-OH is 1. The van der Waals surface area contributed by atoms with Gasteiger partial charge in [0.25, 0.3) is 25.8 Å². The molecule has 4 fully saturated rings. The minimum absolute atomic E-state index is 0.0393. The molecule has 0 unspecified atom stereocenters. The number of hydrogen-bond donors (Lipinski definition) is 5. The predicted octanol–water partition coefficient (Wildman–Crippen LogP) is 10.7. The van der Waals surface area contributed by atoms with Crippen LogP contribution in [0.2, 0.25) is 5.02 Å². The minimum Gasteiger partial charge on any atom is -0.391 e. The van der Waals surface area contributed by atoms with Gasteiger partial charge < -0.3 is 45.4 Å². The van der Waals surface area contributed by atoms with Crippen LogP contribution >= 0.6 is 34.7 Å². The Morgan fingerprint density at radius 2 is 1.50 bits per heavy atom. The number of alkyl halides is 3. The Morgan fingerprint density at radius 3 is 2.17 bits per heavy atom. The average molecular weight is 1710 g/mol. The van der Waals surface area contributed by atoms with Gasteiger partial charge in [0.05, 0.1) is 57.7 Å². The molecule has 5 heterocycles. The largest absolute Gasteiger partial charge is 0.501 e. The van der Waals surface area contributed by atoms with Gasteiger partial charge in [-0.2, -0.15) is 17.5 Å². The zero-order chi connectivity index (χ0) is 82.6. The molecule has 4 amide bonds. The summed E-state index contributed by atoms with van der Waals surface area (Å²) in [5, 5.41) is 20.4. The lowest BCUT2D eigenvalue weighted by atomic mass is 9.71. The number of allylic oxidation sites excluding steroid dienone is 1. The lowest BCUT2D eigenvalue weighted by Gasteiger charge is -2.44. The summed E-state index contributed by atoms with van der Waals surface area (Å²) < 4.78 is 135. The first kappa shape index (κ1) is 88.8. The van der Waals surface area contributed by atoms with E-state index in [4.69, 9.17) is 16.3 Å². The van der Waals surface area contributed by atoms with Gasteiger partial charge in [-0.05, 0) is 172 Å². The van der Waals surface area contributed by atoms with Crippen LogP contribution in [0.5, 0.6) is 0 Å². The van der Waals surface area contributed by atoms with E-state index >= 15 is 0 Å². The third-order valence-electron chi connectivity index (χ3n) is 22.3. The molecule has 5 N–H and O–H groups in total. The van der Waals surface area contributed by atoms with Crippen LogP contribution in [0.1, 0.15) is 119 Å². The molecule has 4 aliphatic heterocycles. The highest BCUT2D eigenvalue weighted by Gasteiger charge is 2.49. The van der Waals surface area contributed by atoms with Crippen molar-refractivity contribution in [2.24, 2.45) is 10.8 Å². The van der Waals surface area contributed by atoms with Crippen LogP contribution in [0.15, 0.2) is 147 Å². The fraction of sp³-hybridized carbons (Fsp3) is 0.524. The molecule has 0 radical (unpaired) electrons. The Bertz CT molecular complexity index is 4720. The number of nitrogens with one attached hydrogen (secondary N) is 4. The zero-order valence-corrected chi connectivity index (χ0v) is 71.2. The van der Waals surface area contributed by atoms with Gasteiger partial charge >= 0.3 is 5.51 Å². The summed E-state index contributed by atoms with van der Waals surface area (Å²) in [7, 11) is -12.9. The quantitative estimate of drug-likeness (QED) is 0.0194. The van der Waals surface area contributed by atoms with Crippen molar-refractivity contribution in [2.45, 2.75) is 143 Å². The number of sulfonamides is 2. The number of hydrogen-bond acceptors (Lipinski definition) is 21. The number of unbranched alkanes of at least 4 members (excludes halogenated alkanes) is 1. The van der Waals surface area contributed by atoms with Crippen molar-refractivity contribution in [1.82, 2.24) is 49.1 Å². The standard InChI is InChI=1S/C82H108ClF3N12O12S5/c1-57(59-16-18-61(19-17-59)75-58(2)87-56-112-75)88-78(102)72-48-67(99)52-98(72)79(103)76(80(3,4)5)90-74(100)53-92(7)33-11-12-47-113(104,105)97-42-38-95(39-43-97)55-81(6)32-30-70(60-20-24-64(83)25-21-60)63(50-81)51-94-36-40-96(41-37-94)66-26-22-62(23-27-66)77(101)91-115(108,109)69-28-29-71(73(49-69)114(106,107)82(84,85)86)89-65(54-111-68-14-9-8-10-15-68)31-35-93-34-13-45-110-46-44-93/h8-10,14-29,49,56-57,65,67,72,76,89,99H,11-13,30-48,50-55H2,1-7H3,(H,88,102)(H,90,100)(H,91,101)/t57-,65+,67+,72-,76+,81+/m0/s1. The Morgan fingerprint density at radius 1 is 0.809 bits per heavy atom. The fourth-order valence-corrected chi connectivity index (χ4v) is 21.3. The number of aliphatic hydroxyl groups is 1. The summed E-state index contributed by atoms with van der Waals surface area (Å²) in [5.41, 5.74) is 2.00. The number of sulfone groups is 1. The maximum Gasteiger partial charge on any atom is 0.501 e. The second-order valence-electron chi connectivity index (χ2n) is 32.3. The smallest absolute Gasteiger partial charge is 0.391 e. The van der Waals surface area contributed by atoms with E-state index in [1.54, 1.807) is 45.2 Å². The number of anilines is 2. The molecule has 0 spiro atoms. The highest BCUT2D eigenvalue weighted by molar-refractivity contribution is 7.99. The molecule has 6 atom stereocenters. The van der Waals surface area contributed by atoms with Crippen LogP contribution in [0, 0.1) is 17.8 Å². The van der Waals surface area contributed by atoms with E-state index in [9.17, 15) is 62.7 Å². The lowest BCUT2D eigenvalue weighted by Crippen LogP contribution is -2.58. The Kier molecular flexibility index (Phi) is 29.9. The van der Waals surface area contributed by atoms with Crippen LogP contribution in [-0.4, -0.2) is 254 Å². The first-order valence-corrected chi connectivity index (χ1v) is 46.1. The van der Waals surface area contributed by atoms with E-state index in [0.717, 1.165) is 95.3 Å². The molecule has 33 heteroatoms. The number of likely N-dealkylation sites (N-methyl/N-ethyl adjacent to an activating group) is 1. The monoisotopic (exact) mass is 1700 g/mol. The number of nitrogens with zero attached hydrogens (tertiary/aromatic N) is 8. The van der Waals surface area contributed by atoms with E-state index in [-0.39, 0.29) is 36.2 Å². The second kappa shape index (κ2) is 38.8. The number of carbonyl (C=O) groups is 4. The molecule has 0 saturated carbocycles. The topological polar surface area (TPSA) is 284 Å². The van der Waals surface area contributed by atoms with Gasteiger partial charge in [-0.25, -0.2) is 35.0 Å². The van der Waals surface area contributed by atoms with Gasteiger partial charge in [0.1, 0.15) is 17.0 Å². The van der Waals surface area contributed by atoms with Crippen molar-refractivity contribution < 1.29 is 67.4 Å². The number of aromatic nitrogens is 1. The normalized spacial score (nSPS) is 20.4. The number of halogens is 4. The predicted molar refractivity (Wildman–Crippen MR) is 446 cm³/mol. The number of aryl methyl sites for hydroxylation is 1. The summed E-state index contributed by atoms with van der Waals surface area (Å²) in [4.78, 5) is 72.1. The number of likely N-dealkylation sites (tertiary alicyclic amines) is 1.